The van der Waals surface area contributed by atoms with Gasteiger partial charge >= 0.3 is 0 Å². The molecule has 4 rings (SSSR count). The maximum Gasteiger partial charge on any atom is 0.222 e. The molecule has 1 aliphatic heterocycles. The highest BCUT2D eigenvalue weighted by molar-refractivity contribution is 5.76. The zero-order chi connectivity index (χ0) is 15.6. The summed E-state index contributed by atoms with van der Waals surface area (Å²) in [6, 6.07) is 3.90. The third-order valence-corrected chi connectivity index (χ3v) is 5.04. The molecule has 0 aromatic carbocycles. The van der Waals surface area contributed by atoms with Crippen molar-refractivity contribution in [2.75, 3.05) is 31.1 Å². The molecule has 0 N–H and O–H groups in total. The van der Waals surface area contributed by atoms with Crippen LogP contribution in [0.5, 0.6) is 0 Å². The lowest BCUT2D eigenvalue weighted by molar-refractivity contribution is -0.132. The fourth-order valence-corrected chi connectivity index (χ4v) is 3.66. The van der Waals surface area contributed by atoms with Crippen LogP contribution in [0, 0.1) is 5.92 Å². The van der Waals surface area contributed by atoms with Gasteiger partial charge in [-0.05, 0) is 30.9 Å². The first kappa shape index (κ1) is 14.4. The third-order valence-electron chi connectivity index (χ3n) is 5.04. The molecule has 2 fully saturated rings. The highest BCUT2D eigenvalue weighted by atomic mass is 16.2. The van der Waals surface area contributed by atoms with E-state index in [1.54, 1.807) is 10.8 Å². The molecule has 2 aromatic rings. The van der Waals surface area contributed by atoms with Crippen LogP contribution in [0.1, 0.15) is 32.1 Å². The van der Waals surface area contributed by atoms with Gasteiger partial charge in [-0.3, -0.25) is 4.79 Å². The van der Waals surface area contributed by atoms with E-state index in [1.807, 2.05) is 17.0 Å². The second-order valence-electron chi connectivity index (χ2n) is 6.55. The Bertz CT molecular complexity index is 685. The Morgan fingerprint density at radius 1 is 1.13 bits per heavy atom. The minimum Gasteiger partial charge on any atom is -0.352 e. The molecule has 7 heteroatoms. The molecule has 1 saturated heterocycles. The number of hydrogen-bond donors (Lipinski definition) is 0. The lowest BCUT2D eigenvalue weighted by Crippen LogP contribution is -2.49. The molecule has 2 aliphatic rings. The predicted octanol–water partition coefficient (Wildman–Crippen LogP) is 1.35. The standard InChI is InChI=1S/C16H22N6O/c23-16(11-13-3-1-2-4-13)21-9-7-20(8-10-21)15-6-5-14-18-17-12-22(14)19-15/h5-6,12-13H,1-4,7-11H2. The fraction of sp³-hybridized carbons (Fsp3) is 0.625. The van der Waals surface area contributed by atoms with Crippen LogP contribution in [-0.4, -0.2) is 56.8 Å². The number of amides is 1. The Labute approximate surface area is 135 Å². The van der Waals surface area contributed by atoms with E-state index >= 15 is 0 Å². The first-order valence-corrected chi connectivity index (χ1v) is 8.49. The molecule has 1 saturated carbocycles. The van der Waals surface area contributed by atoms with Crippen LogP contribution >= 0.6 is 0 Å². The van der Waals surface area contributed by atoms with Crippen LogP contribution in [0.15, 0.2) is 18.5 Å². The molecule has 0 unspecified atom stereocenters. The van der Waals surface area contributed by atoms with Gasteiger partial charge in [-0.25, -0.2) is 0 Å². The van der Waals surface area contributed by atoms with Gasteiger partial charge in [0.05, 0.1) is 0 Å². The second kappa shape index (κ2) is 6.14. The maximum atomic E-state index is 12.4. The Morgan fingerprint density at radius 3 is 2.70 bits per heavy atom. The Hall–Kier alpha value is -2.18. The summed E-state index contributed by atoms with van der Waals surface area (Å²) in [6.45, 7) is 3.23. The van der Waals surface area contributed by atoms with Crippen molar-refractivity contribution in [3.05, 3.63) is 18.5 Å². The summed E-state index contributed by atoms with van der Waals surface area (Å²) < 4.78 is 1.69. The first-order chi connectivity index (χ1) is 11.3. The molecule has 3 heterocycles. The van der Waals surface area contributed by atoms with E-state index in [0.717, 1.165) is 44.1 Å². The van der Waals surface area contributed by atoms with E-state index in [-0.39, 0.29) is 0 Å². The number of carbonyl (C=O) groups excluding carboxylic acids is 1. The van der Waals surface area contributed by atoms with E-state index in [2.05, 4.69) is 20.2 Å². The number of hydrogen-bond acceptors (Lipinski definition) is 5. The van der Waals surface area contributed by atoms with Gasteiger partial charge in [-0.1, -0.05) is 12.8 Å². The van der Waals surface area contributed by atoms with Gasteiger partial charge in [0.1, 0.15) is 12.1 Å². The van der Waals surface area contributed by atoms with Crippen LogP contribution in [0.2, 0.25) is 0 Å². The lowest BCUT2D eigenvalue weighted by atomic mass is 10.0. The molecule has 0 spiro atoms. The monoisotopic (exact) mass is 314 g/mol. The van der Waals surface area contributed by atoms with E-state index < -0.39 is 0 Å². The van der Waals surface area contributed by atoms with Crippen LogP contribution in [-0.2, 0) is 4.79 Å². The van der Waals surface area contributed by atoms with Crippen molar-refractivity contribution < 1.29 is 4.79 Å². The van der Waals surface area contributed by atoms with Crippen LogP contribution in [0.4, 0.5) is 5.82 Å². The number of fused-ring (bicyclic) bond motifs is 1. The second-order valence-corrected chi connectivity index (χ2v) is 6.55. The van der Waals surface area contributed by atoms with E-state index in [4.69, 9.17) is 0 Å². The SMILES string of the molecule is O=C(CC1CCCC1)N1CCN(c2ccc3nncn3n2)CC1. The summed E-state index contributed by atoms with van der Waals surface area (Å²) >= 11 is 0. The smallest absolute Gasteiger partial charge is 0.222 e. The average Bonchev–Trinajstić information content (AvgIpc) is 3.25. The van der Waals surface area contributed by atoms with Crippen molar-refractivity contribution in [1.82, 2.24) is 24.7 Å². The average molecular weight is 314 g/mol. The number of aromatic nitrogens is 4. The summed E-state index contributed by atoms with van der Waals surface area (Å²) in [6.07, 6.45) is 7.40. The summed E-state index contributed by atoms with van der Waals surface area (Å²) in [5, 5.41) is 12.3. The summed E-state index contributed by atoms with van der Waals surface area (Å²) in [7, 11) is 0. The summed E-state index contributed by atoms with van der Waals surface area (Å²) in [5.74, 6) is 1.87. The molecule has 0 bridgehead atoms. The van der Waals surface area contributed by atoms with Crippen LogP contribution < -0.4 is 4.90 Å². The van der Waals surface area contributed by atoms with Gasteiger partial charge in [0.15, 0.2) is 5.65 Å². The molecule has 2 aromatic heterocycles. The topological polar surface area (TPSA) is 66.6 Å². The van der Waals surface area contributed by atoms with Gasteiger partial charge in [0.2, 0.25) is 5.91 Å². The molecule has 0 atom stereocenters. The molecule has 0 radical (unpaired) electrons. The number of rotatable bonds is 3. The van der Waals surface area contributed by atoms with Gasteiger partial charge in [0, 0.05) is 32.6 Å². The maximum absolute atomic E-state index is 12.4. The summed E-state index contributed by atoms with van der Waals surface area (Å²) in [5.41, 5.74) is 0.749. The molecule has 7 nitrogen and oxygen atoms in total. The zero-order valence-electron chi connectivity index (χ0n) is 13.3. The van der Waals surface area contributed by atoms with Crippen molar-refractivity contribution >= 4 is 17.4 Å². The number of piperazine rings is 1. The zero-order valence-corrected chi connectivity index (χ0v) is 13.3. The van der Waals surface area contributed by atoms with Gasteiger partial charge in [-0.2, -0.15) is 4.52 Å². The number of nitrogens with zero attached hydrogens (tertiary/aromatic N) is 6. The number of carbonyl (C=O) groups is 1. The van der Waals surface area contributed by atoms with Crippen LogP contribution in [0.3, 0.4) is 0 Å². The van der Waals surface area contributed by atoms with E-state index in [9.17, 15) is 4.79 Å². The molecular weight excluding hydrogens is 292 g/mol. The lowest BCUT2D eigenvalue weighted by Gasteiger charge is -2.35. The van der Waals surface area contributed by atoms with E-state index in [0.29, 0.717) is 11.8 Å². The van der Waals surface area contributed by atoms with Crippen molar-refractivity contribution in [3.8, 4) is 0 Å². The molecule has 1 amide bonds. The molecule has 1 aliphatic carbocycles. The molecule has 23 heavy (non-hydrogen) atoms. The largest absolute Gasteiger partial charge is 0.352 e. The first-order valence-electron chi connectivity index (χ1n) is 8.49. The van der Waals surface area contributed by atoms with Crippen molar-refractivity contribution in [1.29, 1.82) is 0 Å². The van der Waals surface area contributed by atoms with Crippen molar-refractivity contribution in [2.45, 2.75) is 32.1 Å². The minimum atomic E-state index is 0.332. The molecule has 122 valence electrons. The third kappa shape index (κ3) is 3.00. The Balaban J connectivity index is 1.35. The Kier molecular flexibility index (Phi) is 3.85. The Morgan fingerprint density at radius 2 is 1.91 bits per heavy atom. The normalized spacial score (nSPS) is 19.7. The van der Waals surface area contributed by atoms with Gasteiger partial charge < -0.3 is 9.80 Å². The van der Waals surface area contributed by atoms with Crippen LogP contribution in [0.25, 0.3) is 5.65 Å². The summed E-state index contributed by atoms with van der Waals surface area (Å²) in [4.78, 5) is 16.6. The quantitative estimate of drug-likeness (QED) is 0.855. The highest BCUT2D eigenvalue weighted by Crippen LogP contribution is 2.28. The van der Waals surface area contributed by atoms with Crippen molar-refractivity contribution in [3.63, 3.8) is 0 Å². The predicted molar refractivity (Wildman–Crippen MR) is 86.2 cm³/mol. The van der Waals surface area contributed by atoms with E-state index in [1.165, 1.54) is 25.7 Å². The highest BCUT2D eigenvalue weighted by Gasteiger charge is 2.25. The number of anilines is 1. The minimum absolute atomic E-state index is 0.332. The van der Waals surface area contributed by atoms with Gasteiger partial charge in [0.25, 0.3) is 0 Å². The fourth-order valence-electron chi connectivity index (χ4n) is 3.66. The molecular formula is C16H22N6O. The van der Waals surface area contributed by atoms with Crippen molar-refractivity contribution in [2.24, 2.45) is 5.92 Å². The van der Waals surface area contributed by atoms with Gasteiger partial charge in [-0.15, -0.1) is 15.3 Å².